The Morgan fingerprint density at radius 1 is 1.50 bits per heavy atom. The van der Waals surface area contributed by atoms with E-state index in [9.17, 15) is 0 Å². The average Bonchev–Trinajstić information content (AvgIpc) is 2.68. The second-order valence-electron chi connectivity index (χ2n) is 3.17. The SMILES string of the molecule is CCc1cc(OC)c2ccsc2c1N. The predicted octanol–water partition coefficient (Wildman–Crippen LogP) is 3.05. The normalized spacial score (nSPS) is 10.7. The van der Waals surface area contributed by atoms with Gasteiger partial charge in [0.25, 0.3) is 0 Å². The van der Waals surface area contributed by atoms with Gasteiger partial charge >= 0.3 is 0 Å². The molecule has 0 atom stereocenters. The zero-order valence-corrected chi connectivity index (χ0v) is 9.15. The Hall–Kier alpha value is -1.22. The van der Waals surface area contributed by atoms with Gasteiger partial charge in [0.2, 0.25) is 0 Å². The zero-order chi connectivity index (χ0) is 10.1. The third kappa shape index (κ3) is 1.24. The van der Waals surface area contributed by atoms with E-state index in [0.29, 0.717) is 0 Å². The van der Waals surface area contributed by atoms with Gasteiger partial charge in [-0.05, 0) is 29.5 Å². The molecule has 74 valence electrons. The van der Waals surface area contributed by atoms with Gasteiger partial charge in [-0.3, -0.25) is 0 Å². The van der Waals surface area contributed by atoms with Crippen LogP contribution >= 0.6 is 11.3 Å². The van der Waals surface area contributed by atoms with Gasteiger partial charge in [0, 0.05) is 5.39 Å². The minimum Gasteiger partial charge on any atom is -0.496 e. The molecule has 0 fully saturated rings. The molecule has 0 amide bonds. The number of nitrogen functional groups attached to an aromatic ring is 1. The van der Waals surface area contributed by atoms with Crippen LogP contribution < -0.4 is 10.5 Å². The maximum absolute atomic E-state index is 6.05. The molecule has 1 aromatic heterocycles. The Balaban J connectivity index is 2.80. The molecule has 1 heterocycles. The zero-order valence-electron chi connectivity index (χ0n) is 8.33. The van der Waals surface area contributed by atoms with Crippen molar-refractivity contribution in [3.05, 3.63) is 23.1 Å². The summed E-state index contributed by atoms with van der Waals surface area (Å²) in [7, 11) is 1.70. The van der Waals surface area contributed by atoms with Crippen molar-refractivity contribution in [2.45, 2.75) is 13.3 Å². The van der Waals surface area contributed by atoms with E-state index in [2.05, 4.69) is 13.0 Å². The highest BCUT2D eigenvalue weighted by molar-refractivity contribution is 7.17. The maximum atomic E-state index is 6.05. The molecule has 2 aromatic rings. The Morgan fingerprint density at radius 2 is 2.29 bits per heavy atom. The number of methoxy groups -OCH3 is 1. The molecule has 0 saturated heterocycles. The van der Waals surface area contributed by atoms with Crippen LogP contribution in [0.5, 0.6) is 5.75 Å². The smallest absolute Gasteiger partial charge is 0.127 e. The van der Waals surface area contributed by atoms with Crippen LogP contribution in [-0.2, 0) is 6.42 Å². The predicted molar refractivity (Wildman–Crippen MR) is 62.2 cm³/mol. The van der Waals surface area contributed by atoms with E-state index < -0.39 is 0 Å². The van der Waals surface area contributed by atoms with Crippen LogP contribution in [0.3, 0.4) is 0 Å². The van der Waals surface area contributed by atoms with Gasteiger partial charge in [-0.2, -0.15) is 0 Å². The third-order valence-corrected chi connectivity index (χ3v) is 3.38. The molecule has 2 nitrogen and oxygen atoms in total. The molecule has 3 heteroatoms. The first-order chi connectivity index (χ1) is 6.77. The van der Waals surface area contributed by atoms with Gasteiger partial charge < -0.3 is 10.5 Å². The highest BCUT2D eigenvalue weighted by Crippen LogP contribution is 2.36. The summed E-state index contributed by atoms with van der Waals surface area (Å²) < 4.78 is 6.47. The summed E-state index contributed by atoms with van der Waals surface area (Å²) in [6.07, 6.45) is 0.941. The molecule has 0 aliphatic rings. The lowest BCUT2D eigenvalue weighted by Crippen LogP contribution is -1.95. The van der Waals surface area contributed by atoms with Crippen LogP contribution in [0.2, 0.25) is 0 Å². The van der Waals surface area contributed by atoms with E-state index in [4.69, 9.17) is 10.5 Å². The number of benzene rings is 1. The fourth-order valence-corrected chi connectivity index (χ4v) is 2.53. The Kier molecular flexibility index (Phi) is 2.33. The van der Waals surface area contributed by atoms with E-state index in [1.54, 1.807) is 18.4 Å². The lowest BCUT2D eigenvalue weighted by Gasteiger charge is -2.08. The molecule has 2 rings (SSSR count). The molecule has 0 spiro atoms. The fourth-order valence-electron chi connectivity index (χ4n) is 1.63. The van der Waals surface area contributed by atoms with E-state index in [1.807, 2.05) is 11.4 Å². The van der Waals surface area contributed by atoms with Gasteiger partial charge in [0.05, 0.1) is 17.5 Å². The largest absolute Gasteiger partial charge is 0.496 e. The summed E-state index contributed by atoms with van der Waals surface area (Å²) in [6, 6.07) is 4.08. The molecular weight excluding hydrogens is 194 g/mol. The van der Waals surface area contributed by atoms with Crippen LogP contribution in [0.25, 0.3) is 10.1 Å². The van der Waals surface area contributed by atoms with Crippen molar-refractivity contribution in [2.75, 3.05) is 12.8 Å². The number of hydrogen-bond acceptors (Lipinski definition) is 3. The molecule has 1 aromatic carbocycles. The summed E-state index contributed by atoms with van der Waals surface area (Å²) in [4.78, 5) is 0. The second-order valence-corrected chi connectivity index (χ2v) is 4.08. The number of rotatable bonds is 2. The van der Waals surface area contributed by atoms with Gasteiger partial charge in [0.15, 0.2) is 0 Å². The lowest BCUT2D eigenvalue weighted by atomic mass is 10.1. The number of hydrogen-bond donors (Lipinski definition) is 1. The number of fused-ring (bicyclic) bond motifs is 1. The monoisotopic (exact) mass is 207 g/mol. The van der Waals surface area contributed by atoms with Crippen LogP contribution in [0.1, 0.15) is 12.5 Å². The van der Waals surface area contributed by atoms with Crippen molar-refractivity contribution in [3.63, 3.8) is 0 Å². The van der Waals surface area contributed by atoms with Crippen LogP contribution in [0.15, 0.2) is 17.5 Å². The van der Waals surface area contributed by atoms with Crippen LogP contribution in [0, 0.1) is 0 Å². The Morgan fingerprint density at radius 3 is 2.93 bits per heavy atom. The molecule has 0 bridgehead atoms. The van der Waals surface area contributed by atoms with Crippen molar-refractivity contribution >= 4 is 27.1 Å². The number of anilines is 1. The number of aryl methyl sites for hydroxylation is 1. The van der Waals surface area contributed by atoms with Gasteiger partial charge in [-0.1, -0.05) is 6.92 Å². The summed E-state index contributed by atoms with van der Waals surface area (Å²) >= 11 is 1.67. The van der Waals surface area contributed by atoms with E-state index in [1.165, 1.54) is 0 Å². The first-order valence-electron chi connectivity index (χ1n) is 4.60. The van der Waals surface area contributed by atoms with Gasteiger partial charge in [0.1, 0.15) is 5.75 Å². The maximum Gasteiger partial charge on any atom is 0.127 e. The van der Waals surface area contributed by atoms with E-state index in [-0.39, 0.29) is 0 Å². The lowest BCUT2D eigenvalue weighted by molar-refractivity contribution is 0.419. The van der Waals surface area contributed by atoms with E-state index in [0.717, 1.165) is 33.5 Å². The minimum atomic E-state index is 0.901. The molecule has 0 aliphatic carbocycles. The Labute approximate surface area is 87.3 Å². The molecule has 0 aliphatic heterocycles. The number of nitrogens with two attached hydrogens (primary N) is 1. The van der Waals surface area contributed by atoms with Gasteiger partial charge in [-0.25, -0.2) is 0 Å². The quantitative estimate of drug-likeness (QED) is 0.768. The fraction of sp³-hybridized carbons (Fsp3) is 0.273. The standard InChI is InChI=1S/C11H13NOS/c1-3-7-6-9(13-2)8-4-5-14-11(8)10(7)12/h4-6H,3,12H2,1-2H3. The topological polar surface area (TPSA) is 35.2 Å². The third-order valence-electron chi connectivity index (χ3n) is 2.43. The molecule has 0 unspecified atom stereocenters. The molecule has 2 N–H and O–H groups in total. The second kappa shape index (κ2) is 3.50. The highest BCUT2D eigenvalue weighted by Gasteiger charge is 2.09. The first kappa shape index (κ1) is 9.34. The molecule has 0 radical (unpaired) electrons. The van der Waals surface area contributed by atoms with Crippen molar-refractivity contribution in [3.8, 4) is 5.75 Å². The summed E-state index contributed by atoms with van der Waals surface area (Å²) in [5, 5.41) is 3.16. The minimum absolute atomic E-state index is 0.901. The number of thiophene rings is 1. The first-order valence-corrected chi connectivity index (χ1v) is 5.48. The van der Waals surface area contributed by atoms with Crippen molar-refractivity contribution < 1.29 is 4.74 Å². The van der Waals surface area contributed by atoms with Crippen molar-refractivity contribution in [1.29, 1.82) is 0 Å². The summed E-state index contributed by atoms with van der Waals surface area (Å²) in [6.45, 7) is 2.10. The van der Waals surface area contributed by atoms with E-state index >= 15 is 0 Å². The average molecular weight is 207 g/mol. The Bertz CT molecular complexity index is 462. The van der Waals surface area contributed by atoms with Gasteiger partial charge in [-0.15, -0.1) is 11.3 Å². The van der Waals surface area contributed by atoms with Crippen LogP contribution in [0.4, 0.5) is 5.69 Å². The van der Waals surface area contributed by atoms with Crippen molar-refractivity contribution in [1.82, 2.24) is 0 Å². The highest BCUT2D eigenvalue weighted by atomic mass is 32.1. The molecule has 0 saturated carbocycles. The number of ether oxygens (including phenoxy) is 1. The van der Waals surface area contributed by atoms with Crippen molar-refractivity contribution in [2.24, 2.45) is 0 Å². The molecule has 14 heavy (non-hydrogen) atoms. The van der Waals surface area contributed by atoms with Crippen LogP contribution in [-0.4, -0.2) is 7.11 Å². The molecular formula is C11H13NOS. The summed E-state index contributed by atoms with van der Waals surface area (Å²) in [5.74, 6) is 0.923. The summed E-state index contributed by atoms with van der Waals surface area (Å²) in [5.41, 5.74) is 8.12.